The van der Waals surface area contributed by atoms with E-state index in [2.05, 4.69) is 47.3 Å². The first-order chi connectivity index (χ1) is 9.25. The van der Waals surface area contributed by atoms with E-state index in [4.69, 9.17) is 0 Å². The summed E-state index contributed by atoms with van der Waals surface area (Å²) in [5.41, 5.74) is 0.286. The van der Waals surface area contributed by atoms with E-state index in [1.54, 1.807) is 0 Å². The minimum Gasteiger partial charge on any atom is -0.198 e. The van der Waals surface area contributed by atoms with Gasteiger partial charge in [0.25, 0.3) is 0 Å². The Labute approximate surface area is 126 Å². The van der Waals surface area contributed by atoms with Gasteiger partial charge in [0.1, 0.15) is 0 Å². The van der Waals surface area contributed by atoms with Gasteiger partial charge in [-0.3, -0.25) is 0 Å². The van der Waals surface area contributed by atoms with Crippen molar-refractivity contribution in [3.05, 3.63) is 12.7 Å². The van der Waals surface area contributed by atoms with Crippen LogP contribution >= 0.6 is 0 Å². The monoisotopic (exact) mass is 275 g/mol. The van der Waals surface area contributed by atoms with E-state index in [1.807, 2.05) is 6.08 Å². The fourth-order valence-corrected chi connectivity index (χ4v) is 3.93. The van der Waals surface area contributed by atoms with Gasteiger partial charge in [0.15, 0.2) is 0 Å². The molecule has 1 unspecified atom stereocenters. The second kappa shape index (κ2) is 6.79. The van der Waals surface area contributed by atoms with Crippen LogP contribution in [0.25, 0.3) is 0 Å². The first-order valence-electron chi connectivity index (χ1n) is 8.27. The topological polar surface area (TPSA) is 23.8 Å². The molecule has 0 bridgehead atoms. The quantitative estimate of drug-likeness (QED) is 0.567. The molecule has 1 heteroatoms. The molecule has 0 saturated heterocycles. The van der Waals surface area contributed by atoms with Crippen molar-refractivity contribution >= 4 is 0 Å². The molecule has 0 aromatic heterocycles. The van der Waals surface area contributed by atoms with Gasteiger partial charge in [0.05, 0.1) is 11.5 Å². The highest BCUT2D eigenvalue weighted by Gasteiger charge is 2.43. The van der Waals surface area contributed by atoms with Gasteiger partial charge in [0, 0.05) is 0 Å². The van der Waals surface area contributed by atoms with Gasteiger partial charge in [-0.2, -0.15) is 5.26 Å². The normalized spacial score (nSPS) is 28.9. The molecule has 0 spiro atoms. The third kappa shape index (κ3) is 4.11. The van der Waals surface area contributed by atoms with Crippen molar-refractivity contribution in [2.45, 2.75) is 73.1 Å². The van der Waals surface area contributed by atoms with Crippen molar-refractivity contribution < 1.29 is 0 Å². The summed E-state index contributed by atoms with van der Waals surface area (Å²) >= 11 is 0. The van der Waals surface area contributed by atoms with Crippen molar-refractivity contribution in [2.24, 2.45) is 28.6 Å². The standard InChI is InChI=1S/C19H33N/c1-7-8-17(13-15(2)3)19(14-20)11-9-16(10-12-19)18(4,5)6/h7,15-17H,1,8-13H2,2-6H3. The van der Waals surface area contributed by atoms with E-state index in [0.29, 0.717) is 17.3 Å². The summed E-state index contributed by atoms with van der Waals surface area (Å²) in [5, 5.41) is 9.86. The van der Waals surface area contributed by atoms with E-state index in [1.165, 1.54) is 12.8 Å². The predicted molar refractivity (Wildman–Crippen MR) is 87.2 cm³/mol. The van der Waals surface area contributed by atoms with Crippen molar-refractivity contribution in [1.29, 1.82) is 5.26 Å². The van der Waals surface area contributed by atoms with Gasteiger partial charge >= 0.3 is 0 Å². The molecule has 1 atom stereocenters. The fourth-order valence-electron chi connectivity index (χ4n) is 3.93. The summed E-state index contributed by atoms with van der Waals surface area (Å²) in [6, 6.07) is 2.73. The van der Waals surface area contributed by atoms with Crippen molar-refractivity contribution in [2.75, 3.05) is 0 Å². The molecule has 1 saturated carbocycles. The van der Waals surface area contributed by atoms with Gasteiger partial charge < -0.3 is 0 Å². The van der Waals surface area contributed by atoms with Gasteiger partial charge in [-0.1, -0.05) is 40.7 Å². The third-order valence-corrected chi connectivity index (χ3v) is 5.31. The van der Waals surface area contributed by atoms with Crippen molar-refractivity contribution in [3.63, 3.8) is 0 Å². The molecular formula is C19H33N. The summed E-state index contributed by atoms with van der Waals surface area (Å²) < 4.78 is 0. The minimum atomic E-state index is -0.0970. The average Bonchev–Trinajstić information content (AvgIpc) is 2.37. The average molecular weight is 275 g/mol. The zero-order valence-electron chi connectivity index (χ0n) is 14.2. The first-order valence-corrected chi connectivity index (χ1v) is 8.27. The highest BCUT2D eigenvalue weighted by atomic mass is 14.5. The number of hydrogen-bond donors (Lipinski definition) is 0. The SMILES string of the molecule is C=CCC(CC(C)C)C1(C#N)CCC(C(C)(C)C)CC1. The molecule has 0 radical (unpaired) electrons. The molecule has 1 nitrogen and oxygen atoms in total. The van der Waals surface area contributed by atoms with Gasteiger partial charge in [-0.15, -0.1) is 6.58 Å². The van der Waals surface area contributed by atoms with Crippen LogP contribution in [0.2, 0.25) is 0 Å². The number of nitrogens with zero attached hydrogens (tertiary/aromatic N) is 1. The molecule has 1 rings (SSSR count). The lowest BCUT2D eigenvalue weighted by Crippen LogP contribution is -2.37. The van der Waals surface area contributed by atoms with Crippen LogP contribution in [0.15, 0.2) is 12.7 Å². The molecule has 1 aliphatic rings. The van der Waals surface area contributed by atoms with Crippen LogP contribution < -0.4 is 0 Å². The largest absolute Gasteiger partial charge is 0.198 e. The number of nitriles is 1. The number of rotatable bonds is 5. The minimum absolute atomic E-state index is 0.0970. The highest BCUT2D eigenvalue weighted by molar-refractivity contribution is 5.07. The molecule has 1 aliphatic carbocycles. The van der Waals surface area contributed by atoms with E-state index in [9.17, 15) is 5.26 Å². The van der Waals surface area contributed by atoms with Gasteiger partial charge in [-0.05, 0) is 61.7 Å². The van der Waals surface area contributed by atoms with Crippen LogP contribution in [0, 0.1) is 39.9 Å². The Morgan fingerprint density at radius 1 is 1.30 bits per heavy atom. The van der Waals surface area contributed by atoms with E-state index < -0.39 is 0 Å². The maximum Gasteiger partial charge on any atom is 0.0692 e. The van der Waals surface area contributed by atoms with Gasteiger partial charge in [0.2, 0.25) is 0 Å². The van der Waals surface area contributed by atoms with Gasteiger partial charge in [-0.25, -0.2) is 0 Å². The Hall–Kier alpha value is -0.770. The number of hydrogen-bond acceptors (Lipinski definition) is 1. The van der Waals surface area contributed by atoms with Crippen LogP contribution in [0.5, 0.6) is 0 Å². The third-order valence-electron chi connectivity index (χ3n) is 5.31. The Kier molecular flexibility index (Phi) is 5.87. The smallest absolute Gasteiger partial charge is 0.0692 e. The first kappa shape index (κ1) is 17.3. The van der Waals surface area contributed by atoms with Crippen molar-refractivity contribution in [1.82, 2.24) is 0 Å². The summed E-state index contributed by atoms with van der Waals surface area (Å²) in [4.78, 5) is 0. The van der Waals surface area contributed by atoms with Crippen LogP contribution in [-0.4, -0.2) is 0 Å². The Morgan fingerprint density at radius 3 is 2.20 bits per heavy atom. The van der Waals surface area contributed by atoms with Crippen LogP contribution in [0.3, 0.4) is 0 Å². The van der Waals surface area contributed by atoms with Crippen LogP contribution in [-0.2, 0) is 0 Å². The second-order valence-corrected chi connectivity index (χ2v) is 8.26. The predicted octanol–water partition coefficient (Wildman–Crippen LogP) is 5.97. The molecule has 0 aromatic carbocycles. The lowest BCUT2D eigenvalue weighted by Gasteiger charge is -2.44. The lowest BCUT2D eigenvalue weighted by atomic mass is 9.58. The zero-order chi connectivity index (χ0) is 15.4. The summed E-state index contributed by atoms with van der Waals surface area (Å²) in [6.07, 6.45) is 8.74. The summed E-state index contributed by atoms with van der Waals surface area (Å²) in [6.45, 7) is 15.5. The summed E-state index contributed by atoms with van der Waals surface area (Å²) in [7, 11) is 0. The van der Waals surface area contributed by atoms with E-state index >= 15 is 0 Å². The molecule has 114 valence electrons. The molecule has 0 heterocycles. The van der Waals surface area contributed by atoms with Crippen molar-refractivity contribution in [3.8, 4) is 6.07 Å². The maximum absolute atomic E-state index is 9.86. The molecule has 0 N–H and O–H groups in total. The molecule has 0 amide bonds. The lowest BCUT2D eigenvalue weighted by molar-refractivity contribution is 0.0732. The summed E-state index contributed by atoms with van der Waals surface area (Å²) in [5.74, 6) is 1.92. The second-order valence-electron chi connectivity index (χ2n) is 8.26. The highest BCUT2D eigenvalue weighted by Crippen LogP contribution is 2.50. The Balaban J connectivity index is 2.83. The van der Waals surface area contributed by atoms with E-state index in [-0.39, 0.29) is 5.41 Å². The zero-order valence-corrected chi connectivity index (χ0v) is 14.2. The number of allylic oxidation sites excluding steroid dienone is 1. The molecule has 0 aliphatic heterocycles. The van der Waals surface area contributed by atoms with E-state index in [0.717, 1.165) is 31.6 Å². The fraction of sp³-hybridized carbons (Fsp3) is 0.842. The van der Waals surface area contributed by atoms with Crippen LogP contribution in [0.1, 0.15) is 73.1 Å². The van der Waals surface area contributed by atoms with Crippen LogP contribution in [0.4, 0.5) is 0 Å². The molecule has 20 heavy (non-hydrogen) atoms. The Morgan fingerprint density at radius 2 is 1.85 bits per heavy atom. The Bertz CT molecular complexity index is 345. The molecular weight excluding hydrogens is 242 g/mol. The molecule has 1 fully saturated rings. The maximum atomic E-state index is 9.86. The molecule has 0 aromatic rings.